The molecule has 0 spiro atoms. The van der Waals surface area contributed by atoms with Crippen molar-refractivity contribution < 1.29 is 9.53 Å². The summed E-state index contributed by atoms with van der Waals surface area (Å²) in [5.74, 6) is -0.405. The van der Waals surface area contributed by atoms with Crippen LogP contribution in [0.2, 0.25) is 0 Å². The van der Waals surface area contributed by atoms with E-state index in [9.17, 15) is 4.79 Å². The molecule has 0 unspecified atom stereocenters. The predicted octanol–water partition coefficient (Wildman–Crippen LogP) is 2.29. The lowest BCUT2D eigenvalue weighted by atomic mass is 10.2. The Hall–Kier alpha value is -2.43. The number of pyridine rings is 2. The maximum Gasteiger partial charge on any atom is 0.356 e. The molecule has 0 amide bonds. The summed E-state index contributed by atoms with van der Waals surface area (Å²) in [6.07, 6.45) is 3.35. The molecule has 0 saturated heterocycles. The fourth-order valence-corrected chi connectivity index (χ4v) is 1.94. The zero-order chi connectivity index (χ0) is 12.5. The minimum Gasteiger partial charge on any atom is -0.461 e. The average Bonchev–Trinajstić information content (AvgIpc) is 2.76. The second-order valence-electron chi connectivity index (χ2n) is 3.86. The summed E-state index contributed by atoms with van der Waals surface area (Å²) in [5.41, 5.74) is 1.96. The van der Waals surface area contributed by atoms with Crippen molar-refractivity contribution in [3.8, 4) is 0 Å². The summed E-state index contributed by atoms with van der Waals surface area (Å²) < 4.78 is 4.94. The number of hydrogen-bond acceptors (Lipinski definition) is 4. The van der Waals surface area contributed by atoms with Gasteiger partial charge >= 0.3 is 5.97 Å². The zero-order valence-corrected chi connectivity index (χ0v) is 9.80. The van der Waals surface area contributed by atoms with Crippen LogP contribution in [-0.4, -0.2) is 27.5 Å². The van der Waals surface area contributed by atoms with E-state index in [0.29, 0.717) is 12.3 Å². The van der Waals surface area contributed by atoms with Gasteiger partial charge in [0.15, 0.2) is 0 Å². The molecule has 3 aromatic rings. The Morgan fingerprint density at radius 2 is 2.28 bits per heavy atom. The van der Waals surface area contributed by atoms with Crippen LogP contribution in [0.3, 0.4) is 0 Å². The third kappa shape index (κ3) is 1.60. The Balaban J connectivity index is 2.21. The lowest BCUT2D eigenvalue weighted by molar-refractivity contribution is 0.0520. The Kier molecular flexibility index (Phi) is 2.44. The normalized spacial score (nSPS) is 10.9. The van der Waals surface area contributed by atoms with Gasteiger partial charge in [-0.1, -0.05) is 0 Å². The number of hydrogen-bond donors (Lipinski definition) is 1. The number of H-pyrrole nitrogens is 1. The summed E-state index contributed by atoms with van der Waals surface area (Å²) in [6, 6.07) is 5.55. The molecule has 0 saturated carbocycles. The first kappa shape index (κ1) is 10.7. The van der Waals surface area contributed by atoms with Crippen molar-refractivity contribution in [1.29, 1.82) is 0 Å². The van der Waals surface area contributed by atoms with E-state index in [2.05, 4.69) is 15.0 Å². The SMILES string of the molecule is CCOC(=O)c1cc2c(cn1)[nH]c1ncccc12. The summed E-state index contributed by atoms with van der Waals surface area (Å²) in [7, 11) is 0. The van der Waals surface area contributed by atoms with Crippen LogP contribution in [0.1, 0.15) is 17.4 Å². The molecular weight excluding hydrogens is 230 g/mol. The molecule has 90 valence electrons. The van der Waals surface area contributed by atoms with Crippen LogP contribution >= 0.6 is 0 Å². The number of nitrogens with zero attached hydrogens (tertiary/aromatic N) is 2. The van der Waals surface area contributed by atoms with Gasteiger partial charge in [0.05, 0.1) is 18.3 Å². The monoisotopic (exact) mass is 241 g/mol. The van der Waals surface area contributed by atoms with E-state index in [1.165, 1.54) is 0 Å². The molecule has 0 radical (unpaired) electrons. The Labute approximate surface area is 103 Å². The highest BCUT2D eigenvalue weighted by atomic mass is 16.5. The van der Waals surface area contributed by atoms with Gasteiger partial charge in [-0.05, 0) is 25.1 Å². The number of rotatable bonds is 2. The van der Waals surface area contributed by atoms with E-state index in [0.717, 1.165) is 21.9 Å². The largest absolute Gasteiger partial charge is 0.461 e. The fraction of sp³-hybridized carbons (Fsp3) is 0.154. The number of aromatic nitrogens is 3. The van der Waals surface area contributed by atoms with Crippen molar-refractivity contribution in [3.05, 3.63) is 36.3 Å². The number of fused-ring (bicyclic) bond motifs is 3. The molecule has 1 N–H and O–H groups in total. The maximum atomic E-state index is 11.6. The molecule has 0 bridgehead atoms. The molecule has 3 aromatic heterocycles. The first-order valence-electron chi connectivity index (χ1n) is 5.69. The molecule has 0 fully saturated rings. The predicted molar refractivity (Wildman–Crippen MR) is 67.4 cm³/mol. The van der Waals surface area contributed by atoms with Crippen molar-refractivity contribution in [2.75, 3.05) is 6.61 Å². The van der Waals surface area contributed by atoms with E-state index < -0.39 is 5.97 Å². The quantitative estimate of drug-likeness (QED) is 0.699. The van der Waals surface area contributed by atoms with Gasteiger partial charge in [-0.2, -0.15) is 0 Å². The lowest BCUT2D eigenvalue weighted by Crippen LogP contribution is -2.06. The summed E-state index contributed by atoms with van der Waals surface area (Å²) in [6.45, 7) is 2.11. The zero-order valence-electron chi connectivity index (χ0n) is 9.80. The smallest absolute Gasteiger partial charge is 0.356 e. The third-order valence-corrected chi connectivity index (χ3v) is 2.74. The summed E-state index contributed by atoms with van der Waals surface area (Å²) in [4.78, 5) is 23.1. The Morgan fingerprint density at radius 3 is 3.11 bits per heavy atom. The maximum absolute atomic E-state index is 11.6. The number of ether oxygens (including phenoxy) is 1. The van der Waals surface area contributed by atoms with Gasteiger partial charge in [0, 0.05) is 17.0 Å². The molecule has 0 aliphatic rings. The van der Waals surface area contributed by atoms with Gasteiger partial charge in [0.25, 0.3) is 0 Å². The number of nitrogens with one attached hydrogen (secondary N) is 1. The standard InChI is InChI=1S/C13H11N3O2/c1-2-18-13(17)10-6-9-8-4-3-5-14-12(8)16-11(9)7-15-10/h3-7H,2H2,1H3,(H,14,16). The lowest BCUT2D eigenvalue weighted by Gasteiger charge is -2.00. The van der Waals surface area contributed by atoms with E-state index in [1.807, 2.05) is 12.1 Å². The van der Waals surface area contributed by atoms with Crippen molar-refractivity contribution in [2.24, 2.45) is 0 Å². The highest BCUT2D eigenvalue weighted by Crippen LogP contribution is 2.23. The third-order valence-electron chi connectivity index (χ3n) is 2.74. The van der Waals surface area contributed by atoms with Gasteiger partial charge in [-0.15, -0.1) is 0 Å². The average molecular weight is 241 g/mol. The van der Waals surface area contributed by atoms with Crippen LogP contribution in [-0.2, 0) is 4.74 Å². The van der Waals surface area contributed by atoms with Crippen molar-refractivity contribution in [2.45, 2.75) is 6.92 Å². The second kappa shape index (κ2) is 4.10. The van der Waals surface area contributed by atoms with Gasteiger partial charge in [-0.3, -0.25) is 0 Å². The van der Waals surface area contributed by atoms with Crippen molar-refractivity contribution >= 4 is 27.9 Å². The molecule has 18 heavy (non-hydrogen) atoms. The van der Waals surface area contributed by atoms with Crippen molar-refractivity contribution in [1.82, 2.24) is 15.0 Å². The van der Waals surface area contributed by atoms with Gasteiger partial charge in [0.2, 0.25) is 0 Å². The van der Waals surface area contributed by atoms with Gasteiger partial charge < -0.3 is 9.72 Å². The summed E-state index contributed by atoms with van der Waals surface area (Å²) >= 11 is 0. The molecule has 3 rings (SSSR count). The van der Waals surface area contributed by atoms with Gasteiger partial charge in [0.1, 0.15) is 11.3 Å². The van der Waals surface area contributed by atoms with Crippen LogP contribution < -0.4 is 0 Å². The molecule has 3 heterocycles. The van der Waals surface area contributed by atoms with Crippen molar-refractivity contribution in [3.63, 3.8) is 0 Å². The molecule has 5 nitrogen and oxygen atoms in total. The minimum atomic E-state index is -0.405. The van der Waals surface area contributed by atoms with E-state index in [4.69, 9.17) is 4.74 Å². The van der Waals surface area contributed by atoms with E-state index >= 15 is 0 Å². The molecule has 0 aliphatic carbocycles. The number of esters is 1. The van der Waals surface area contributed by atoms with Gasteiger partial charge in [-0.25, -0.2) is 14.8 Å². The molecule has 0 atom stereocenters. The van der Waals surface area contributed by atoms with Crippen LogP contribution in [0, 0.1) is 0 Å². The number of aromatic amines is 1. The van der Waals surface area contributed by atoms with Crippen LogP contribution in [0.15, 0.2) is 30.6 Å². The first-order chi connectivity index (χ1) is 8.79. The second-order valence-corrected chi connectivity index (χ2v) is 3.86. The topological polar surface area (TPSA) is 67.9 Å². The van der Waals surface area contributed by atoms with Crippen LogP contribution in [0.5, 0.6) is 0 Å². The Morgan fingerprint density at radius 1 is 1.39 bits per heavy atom. The Bertz CT molecular complexity index is 733. The first-order valence-corrected chi connectivity index (χ1v) is 5.69. The minimum absolute atomic E-state index is 0.314. The fourth-order valence-electron chi connectivity index (χ4n) is 1.94. The highest BCUT2D eigenvalue weighted by Gasteiger charge is 2.11. The van der Waals surface area contributed by atoms with Crippen LogP contribution in [0.25, 0.3) is 21.9 Å². The number of carbonyl (C=O) groups is 1. The highest BCUT2D eigenvalue weighted by molar-refractivity contribution is 6.07. The number of carbonyl (C=O) groups excluding carboxylic acids is 1. The molecular formula is C13H11N3O2. The van der Waals surface area contributed by atoms with E-state index in [1.54, 1.807) is 25.4 Å². The molecule has 0 aliphatic heterocycles. The van der Waals surface area contributed by atoms with E-state index in [-0.39, 0.29) is 0 Å². The van der Waals surface area contributed by atoms with Crippen LogP contribution in [0.4, 0.5) is 0 Å². The molecule has 0 aromatic carbocycles. The summed E-state index contributed by atoms with van der Waals surface area (Å²) in [5, 5.41) is 1.90. The molecule has 5 heteroatoms.